The summed E-state index contributed by atoms with van der Waals surface area (Å²) < 4.78 is 5.53. The van der Waals surface area contributed by atoms with Gasteiger partial charge in [-0.05, 0) is 33.6 Å². The Bertz CT molecular complexity index is 185. The van der Waals surface area contributed by atoms with Crippen molar-refractivity contribution in [3.05, 3.63) is 0 Å². The molecule has 2 saturated heterocycles. The second-order valence-corrected chi connectivity index (χ2v) is 5.12. The number of nitrogens with zero attached hydrogens (tertiary/aromatic N) is 1. The van der Waals surface area contributed by atoms with Gasteiger partial charge in [-0.3, -0.25) is 4.90 Å². The zero-order chi connectivity index (χ0) is 9.47. The van der Waals surface area contributed by atoms with Crippen LogP contribution in [0, 0.1) is 5.41 Å². The molecule has 0 aromatic heterocycles. The van der Waals surface area contributed by atoms with Crippen molar-refractivity contribution in [2.24, 2.45) is 5.41 Å². The summed E-state index contributed by atoms with van der Waals surface area (Å²) in [6.45, 7) is 10.2. The highest BCUT2D eigenvalue weighted by atomic mass is 16.5. The van der Waals surface area contributed by atoms with Gasteiger partial charge in [-0.2, -0.15) is 0 Å². The molecule has 0 aromatic carbocycles. The van der Waals surface area contributed by atoms with Crippen LogP contribution in [0.2, 0.25) is 0 Å². The van der Waals surface area contributed by atoms with E-state index in [9.17, 15) is 0 Å². The van der Waals surface area contributed by atoms with Gasteiger partial charge in [-0.1, -0.05) is 0 Å². The van der Waals surface area contributed by atoms with Crippen LogP contribution >= 0.6 is 0 Å². The number of hydrogen-bond donors (Lipinski definition) is 0. The molecule has 0 N–H and O–H groups in total. The molecule has 2 aliphatic rings. The van der Waals surface area contributed by atoms with Gasteiger partial charge in [0.25, 0.3) is 0 Å². The lowest BCUT2D eigenvalue weighted by Gasteiger charge is -2.26. The second-order valence-electron chi connectivity index (χ2n) is 5.12. The summed E-state index contributed by atoms with van der Waals surface area (Å²) in [6.07, 6.45) is 2.62. The minimum Gasteiger partial charge on any atom is -0.381 e. The van der Waals surface area contributed by atoms with Crippen molar-refractivity contribution in [1.29, 1.82) is 0 Å². The molecule has 2 atom stereocenters. The Balaban J connectivity index is 2.05. The van der Waals surface area contributed by atoms with Crippen molar-refractivity contribution in [2.75, 3.05) is 19.8 Å². The van der Waals surface area contributed by atoms with Gasteiger partial charge in [0.05, 0.1) is 6.61 Å². The monoisotopic (exact) mass is 183 g/mol. The largest absolute Gasteiger partial charge is 0.381 e. The minimum atomic E-state index is 0.518. The van der Waals surface area contributed by atoms with Crippen LogP contribution < -0.4 is 0 Å². The van der Waals surface area contributed by atoms with Crippen LogP contribution in [0.15, 0.2) is 0 Å². The van der Waals surface area contributed by atoms with Crippen LogP contribution in [0.25, 0.3) is 0 Å². The Morgan fingerprint density at radius 3 is 2.69 bits per heavy atom. The van der Waals surface area contributed by atoms with Crippen molar-refractivity contribution in [1.82, 2.24) is 4.90 Å². The molecule has 2 nitrogen and oxygen atoms in total. The first kappa shape index (κ1) is 9.47. The fourth-order valence-corrected chi connectivity index (χ4v) is 2.98. The first-order chi connectivity index (χ1) is 6.13. The molecule has 2 fully saturated rings. The summed E-state index contributed by atoms with van der Waals surface area (Å²) in [5.41, 5.74) is 0.518. The number of ether oxygens (including phenoxy) is 1. The van der Waals surface area contributed by atoms with Gasteiger partial charge in [-0.15, -0.1) is 0 Å². The molecule has 0 aromatic rings. The molecule has 0 bridgehead atoms. The molecule has 2 aliphatic heterocycles. The van der Waals surface area contributed by atoms with Crippen molar-refractivity contribution >= 4 is 0 Å². The molecule has 2 heteroatoms. The third-order valence-corrected chi connectivity index (χ3v) is 3.66. The fourth-order valence-electron chi connectivity index (χ4n) is 2.98. The second kappa shape index (κ2) is 3.25. The van der Waals surface area contributed by atoms with E-state index in [2.05, 4.69) is 25.7 Å². The van der Waals surface area contributed by atoms with Crippen molar-refractivity contribution in [3.8, 4) is 0 Å². The van der Waals surface area contributed by atoms with E-state index in [0.29, 0.717) is 11.5 Å². The third kappa shape index (κ3) is 1.62. The summed E-state index contributed by atoms with van der Waals surface area (Å²) in [6, 6.07) is 1.44. The summed E-state index contributed by atoms with van der Waals surface area (Å²) in [5.74, 6) is 0. The van der Waals surface area contributed by atoms with Crippen molar-refractivity contribution in [2.45, 2.75) is 45.7 Å². The van der Waals surface area contributed by atoms with Gasteiger partial charge in [0, 0.05) is 30.7 Å². The molecule has 0 saturated carbocycles. The Morgan fingerprint density at radius 2 is 2.23 bits per heavy atom. The lowest BCUT2D eigenvalue weighted by molar-refractivity contribution is 0.146. The van der Waals surface area contributed by atoms with E-state index < -0.39 is 0 Å². The highest BCUT2D eigenvalue weighted by Gasteiger charge is 2.45. The number of likely N-dealkylation sites (tertiary alicyclic amines) is 1. The van der Waals surface area contributed by atoms with E-state index in [1.165, 1.54) is 19.4 Å². The molecule has 76 valence electrons. The average molecular weight is 183 g/mol. The molecule has 0 amide bonds. The Kier molecular flexibility index (Phi) is 2.37. The molecular formula is C11H21NO. The average Bonchev–Trinajstić information content (AvgIpc) is 2.60. The van der Waals surface area contributed by atoms with Gasteiger partial charge >= 0.3 is 0 Å². The van der Waals surface area contributed by atoms with Gasteiger partial charge in [0.1, 0.15) is 0 Å². The zero-order valence-corrected chi connectivity index (χ0v) is 9.05. The van der Waals surface area contributed by atoms with Gasteiger partial charge < -0.3 is 4.74 Å². The van der Waals surface area contributed by atoms with Crippen LogP contribution in [0.3, 0.4) is 0 Å². The minimum absolute atomic E-state index is 0.518. The van der Waals surface area contributed by atoms with E-state index >= 15 is 0 Å². The highest BCUT2D eigenvalue weighted by Crippen LogP contribution is 2.41. The molecule has 2 unspecified atom stereocenters. The van der Waals surface area contributed by atoms with Crippen LogP contribution in [0.5, 0.6) is 0 Å². The summed E-state index contributed by atoms with van der Waals surface area (Å²) in [5, 5.41) is 0. The Labute approximate surface area is 81.3 Å². The van der Waals surface area contributed by atoms with E-state index in [1.807, 2.05) is 0 Å². The maximum atomic E-state index is 5.53. The summed E-state index contributed by atoms with van der Waals surface area (Å²) >= 11 is 0. The van der Waals surface area contributed by atoms with Crippen molar-refractivity contribution < 1.29 is 4.74 Å². The Morgan fingerprint density at radius 1 is 1.46 bits per heavy atom. The smallest absolute Gasteiger partial charge is 0.0536 e. The van der Waals surface area contributed by atoms with E-state index in [4.69, 9.17) is 4.74 Å². The first-order valence-corrected chi connectivity index (χ1v) is 5.46. The normalized spacial score (nSPS) is 41.1. The van der Waals surface area contributed by atoms with Gasteiger partial charge in [0.15, 0.2) is 0 Å². The Hall–Kier alpha value is -0.0800. The van der Waals surface area contributed by atoms with E-state index in [-0.39, 0.29) is 0 Å². The molecule has 13 heavy (non-hydrogen) atoms. The van der Waals surface area contributed by atoms with Crippen LogP contribution in [-0.2, 0) is 4.74 Å². The predicted molar refractivity (Wildman–Crippen MR) is 53.8 cm³/mol. The lowest BCUT2D eigenvalue weighted by atomic mass is 9.85. The third-order valence-electron chi connectivity index (χ3n) is 3.66. The van der Waals surface area contributed by atoms with E-state index in [0.717, 1.165) is 19.3 Å². The molecule has 0 aliphatic carbocycles. The maximum Gasteiger partial charge on any atom is 0.0536 e. The van der Waals surface area contributed by atoms with Gasteiger partial charge in [-0.25, -0.2) is 0 Å². The van der Waals surface area contributed by atoms with Crippen molar-refractivity contribution in [3.63, 3.8) is 0 Å². The topological polar surface area (TPSA) is 12.5 Å². The lowest BCUT2D eigenvalue weighted by Crippen LogP contribution is -2.35. The van der Waals surface area contributed by atoms with Crippen LogP contribution in [-0.4, -0.2) is 36.7 Å². The van der Waals surface area contributed by atoms with Crippen LogP contribution in [0.4, 0.5) is 0 Å². The predicted octanol–water partition coefficient (Wildman–Crippen LogP) is 1.90. The number of hydrogen-bond acceptors (Lipinski definition) is 2. The molecule has 2 rings (SSSR count). The van der Waals surface area contributed by atoms with Crippen LogP contribution in [0.1, 0.15) is 33.6 Å². The van der Waals surface area contributed by atoms with Gasteiger partial charge in [0.2, 0.25) is 0 Å². The standard InChI is InChI=1S/C11H21NO/c1-9(2)12-7-11(6-10(12)3)4-5-13-8-11/h9-10H,4-8H2,1-3H3. The molecular weight excluding hydrogens is 162 g/mol. The SMILES string of the molecule is CC(C)N1CC2(CCOC2)CC1C. The number of rotatable bonds is 1. The molecule has 2 heterocycles. The summed E-state index contributed by atoms with van der Waals surface area (Å²) in [7, 11) is 0. The highest BCUT2D eigenvalue weighted by molar-refractivity contribution is 4.97. The summed E-state index contributed by atoms with van der Waals surface area (Å²) in [4.78, 5) is 2.62. The zero-order valence-electron chi connectivity index (χ0n) is 9.05. The first-order valence-electron chi connectivity index (χ1n) is 5.46. The molecule has 0 radical (unpaired) electrons. The fraction of sp³-hybridized carbons (Fsp3) is 1.00. The maximum absolute atomic E-state index is 5.53. The van der Waals surface area contributed by atoms with E-state index in [1.54, 1.807) is 0 Å². The quantitative estimate of drug-likeness (QED) is 0.615. The molecule has 1 spiro atoms.